The van der Waals surface area contributed by atoms with Gasteiger partial charge in [-0.05, 0) is 25.0 Å². The van der Waals surface area contributed by atoms with Gasteiger partial charge < -0.3 is 31.7 Å². The van der Waals surface area contributed by atoms with Crippen LogP contribution in [0.25, 0.3) is 10.2 Å². The van der Waals surface area contributed by atoms with Crippen LogP contribution in [0.1, 0.15) is 26.4 Å². The van der Waals surface area contributed by atoms with E-state index in [1.54, 1.807) is 13.0 Å². The summed E-state index contributed by atoms with van der Waals surface area (Å²) >= 11 is 2.15. The third-order valence-electron chi connectivity index (χ3n) is 4.34. The Bertz CT molecular complexity index is 1390. The van der Waals surface area contributed by atoms with E-state index in [0.29, 0.717) is 32.1 Å². The molecule has 0 fully saturated rings. The molecule has 0 aromatic carbocycles. The zero-order valence-corrected chi connectivity index (χ0v) is 20.6. The number of aromatic amines is 1. The van der Waals surface area contributed by atoms with Gasteiger partial charge in [-0.2, -0.15) is 5.26 Å². The number of carbonyl (C=O) groups is 3. The van der Waals surface area contributed by atoms with Crippen LogP contribution in [0.15, 0.2) is 22.0 Å². The lowest BCUT2D eigenvalue weighted by Gasteiger charge is -2.05. The Labute approximate surface area is 207 Å². The normalized spacial score (nSPS) is 10.1. The number of hydrogen-bond donors (Lipinski definition) is 4. The minimum Gasteiger partial charge on any atom is -0.466 e. The van der Waals surface area contributed by atoms with Crippen LogP contribution in [0.2, 0.25) is 0 Å². The topological polar surface area (TPSA) is 217 Å². The van der Waals surface area contributed by atoms with Crippen LogP contribution < -0.4 is 27.5 Å². The molecule has 3 rings (SSSR count). The van der Waals surface area contributed by atoms with Crippen LogP contribution in [0.3, 0.4) is 0 Å². The van der Waals surface area contributed by atoms with E-state index in [1.807, 2.05) is 13.0 Å². The molecule has 184 valence electrons. The van der Waals surface area contributed by atoms with Gasteiger partial charge in [-0.1, -0.05) is 11.8 Å². The zero-order chi connectivity index (χ0) is 26.3. The number of carbonyl (C=O) groups excluding carboxylic acids is 3. The van der Waals surface area contributed by atoms with Gasteiger partial charge in [-0.15, -0.1) is 11.3 Å². The molecule has 35 heavy (non-hydrogen) atoms. The molecular weight excluding hydrogens is 496 g/mol. The molecule has 0 saturated carbocycles. The fourth-order valence-corrected chi connectivity index (χ4v) is 4.60. The summed E-state index contributed by atoms with van der Waals surface area (Å²) < 4.78 is 9.70. The predicted octanol–water partition coefficient (Wildman–Crippen LogP) is 0.970. The highest BCUT2D eigenvalue weighted by Crippen LogP contribution is 2.35. The second kappa shape index (κ2) is 11.9. The lowest BCUT2D eigenvalue weighted by atomic mass is 10.1. The molecule has 0 aliphatic carbocycles. The van der Waals surface area contributed by atoms with E-state index in [0.717, 1.165) is 28.7 Å². The van der Waals surface area contributed by atoms with E-state index in [4.69, 9.17) is 27.2 Å². The SMILES string of the molecule is COC(=O)COc1cc(C)c2c(N)c(C(N)=O)sc2n1.Cc1cc(=O)[nH]c(SCC(N)=O)c1C#N. The zero-order valence-electron chi connectivity index (χ0n) is 19.0. The standard InChI is InChI=1S/C12H13N3O4S.C9H9N3O2S/c1-5-3-6(19-4-7(16)18-2)15-12-8(5)9(13)10(20-12)11(14)17;1-5-2-8(14)12-9(6(5)3-10)15-4-7(11)13/h3H,4,13H2,1-2H3,(H2,14,17);2H,4H2,1H3,(H2,11,13)(H,12,14). The average molecular weight is 519 g/mol. The fraction of sp³-hybridized carbons (Fsp3) is 0.238. The first-order valence-corrected chi connectivity index (χ1v) is 11.5. The van der Waals surface area contributed by atoms with Gasteiger partial charge in [0, 0.05) is 17.5 Å². The summed E-state index contributed by atoms with van der Waals surface area (Å²) in [5, 5.41) is 9.92. The summed E-state index contributed by atoms with van der Waals surface area (Å²) in [4.78, 5) is 51.5. The number of nitrogens with two attached hydrogens (primary N) is 3. The van der Waals surface area contributed by atoms with Gasteiger partial charge in [0.2, 0.25) is 17.3 Å². The van der Waals surface area contributed by atoms with Gasteiger partial charge in [0.25, 0.3) is 5.91 Å². The van der Waals surface area contributed by atoms with Crippen molar-refractivity contribution in [3.05, 3.63) is 44.1 Å². The Morgan fingerprint density at radius 1 is 1.23 bits per heavy atom. The quantitative estimate of drug-likeness (QED) is 0.256. The average Bonchev–Trinajstić information content (AvgIpc) is 3.13. The molecule has 14 heteroatoms. The molecular formula is C21H22N6O6S2. The van der Waals surface area contributed by atoms with Crippen molar-refractivity contribution < 1.29 is 23.9 Å². The first-order chi connectivity index (χ1) is 16.5. The first-order valence-electron chi connectivity index (χ1n) is 9.72. The number of thiophene rings is 1. The van der Waals surface area contributed by atoms with Gasteiger partial charge in [0.05, 0.1) is 29.1 Å². The van der Waals surface area contributed by atoms with Crippen LogP contribution in [0.4, 0.5) is 5.69 Å². The number of primary amides is 2. The van der Waals surface area contributed by atoms with E-state index in [9.17, 15) is 19.2 Å². The molecule has 0 aliphatic heterocycles. The number of esters is 1. The second-order valence-corrected chi connectivity index (χ2v) is 8.90. The largest absolute Gasteiger partial charge is 0.466 e. The molecule has 3 aromatic rings. The molecule has 3 aromatic heterocycles. The minimum atomic E-state index is -0.595. The number of hydrogen-bond acceptors (Lipinski definition) is 11. The molecule has 0 spiro atoms. The third-order valence-corrected chi connectivity index (χ3v) is 6.48. The highest BCUT2D eigenvalue weighted by atomic mass is 32.2. The molecule has 0 aliphatic rings. The smallest absolute Gasteiger partial charge is 0.343 e. The lowest BCUT2D eigenvalue weighted by molar-refractivity contribution is -0.143. The molecule has 7 N–H and O–H groups in total. The van der Waals surface area contributed by atoms with Crippen LogP contribution >= 0.6 is 23.1 Å². The van der Waals surface area contributed by atoms with Crippen LogP contribution in [-0.4, -0.2) is 47.2 Å². The summed E-state index contributed by atoms with van der Waals surface area (Å²) in [5.41, 5.74) is 17.9. The number of H-pyrrole nitrogens is 1. The fourth-order valence-electron chi connectivity index (χ4n) is 2.78. The molecule has 0 saturated heterocycles. The van der Waals surface area contributed by atoms with Crippen molar-refractivity contribution in [3.8, 4) is 11.9 Å². The van der Waals surface area contributed by atoms with E-state index in [1.165, 1.54) is 13.2 Å². The summed E-state index contributed by atoms with van der Waals surface area (Å²) in [6, 6.07) is 4.95. The molecule has 0 unspecified atom stereocenters. The molecule has 0 radical (unpaired) electrons. The van der Waals surface area contributed by atoms with E-state index < -0.39 is 17.8 Å². The number of nitriles is 1. The molecule has 0 atom stereocenters. The maximum Gasteiger partial charge on any atom is 0.343 e. The van der Waals surface area contributed by atoms with E-state index >= 15 is 0 Å². The molecule has 12 nitrogen and oxygen atoms in total. The summed E-state index contributed by atoms with van der Waals surface area (Å²) in [6.45, 7) is 3.24. The monoisotopic (exact) mass is 518 g/mol. The first kappa shape index (κ1) is 27.2. The van der Waals surface area contributed by atoms with Crippen molar-refractivity contribution in [2.45, 2.75) is 18.9 Å². The maximum absolute atomic E-state index is 11.3. The number of nitrogens with zero attached hydrogens (tertiary/aromatic N) is 2. The number of nitrogens with one attached hydrogen (secondary N) is 1. The van der Waals surface area contributed by atoms with Gasteiger partial charge in [0.15, 0.2) is 6.61 Å². The van der Waals surface area contributed by atoms with Crippen LogP contribution in [-0.2, 0) is 14.3 Å². The Hall–Kier alpha value is -4.09. The van der Waals surface area contributed by atoms with Gasteiger partial charge in [0.1, 0.15) is 15.8 Å². The molecule has 0 bridgehead atoms. The number of aryl methyl sites for hydroxylation is 2. The van der Waals surface area contributed by atoms with Crippen molar-refractivity contribution in [1.29, 1.82) is 5.26 Å². The highest BCUT2D eigenvalue weighted by molar-refractivity contribution is 8.00. The van der Waals surface area contributed by atoms with Crippen LogP contribution in [0, 0.1) is 25.2 Å². The van der Waals surface area contributed by atoms with Crippen molar-refractivity contribution in [2.75, 3.05) is 25.2 Å². The van der Waals surface area contributed by atoms with Crippen molar-refractivity contribution >= 4 is 56.8 Å². The third kappa shape index (κ3) is 6.95. The van der Waals surface area contributed by atoms with Crippen molar-refractivity contribution in [3.63, 3.8) is 0 Å². The Morgan fingerprint density at radius 3 is 2.49 bits per heavy atom. The molecule has 3 heterocycles. The Morgan fingerprint density at radius 2 is 1.91 bits per heavy atom. The van der Waals surface area contributed by atoms with E-state index in [-0.39, 0.29) is 28.7 Å². The number of rotatable bonds is 7. The number of aromatic nitrogens is 2. The van der Waals surface area contributed by atoms with E-state index in [2.05, 4.69) is 14.7 Å². The Balaban J connectivity index is 0.000000258. The Kier molecular flexibility index (Phi) is 9.20. The van der Waals surface area contributed by atoms with Crippen LogP contribution in [0.5, 0.6) is 5.88 Å². The minimum absolute atomic E-state index is 0.0358. The predicted molar refractivity (Wildman–Crippen MR) is 131 cm³/mol. The number of thioether (sulfide) groups is 1. The summed E-state index contributed by atoms with van der Waals surface area (Å²) in [7, 11) is 1.27. The number of anilines is 1. The number of pyridine rings is 2. The van der Waals surface area contributed by atoms with Gasteiger partial charge >= 0.3 is 5.97 Å². The number of fused-ring (bicyclic) bond motifs is 1. The second-order valence-electron chi connectivity index (χ2n) is 6.92. The number of methoxy groups -OCH3 is 1. The van der Waals surface area contributed by atoms with Crippen molar-refractivity contribution in [2.24, 2.45) is 11.5 Å². The van der Waals surface area contributed by atoms with Crippen molar-refractivity contribution in [1.82, 2.24) is 9.97 Å². The number of amides is 2. The summed E-state index contributed by atoms with van der Waals surface area (Å²) in [5.74, 6) is -1.30. The lowest BCUT2D eigenvalue weighted by Crippen LogP contribution is -2.15. The van der Waals surface area contributed by atoms with Gasteiger partial charge in [-0.3, -0.25) is 14.4 Å². The number of ether oxygens (including phenoxy) is 2. The van der Waals surface area contributed by atoms with Gasteiger partial charge in [-0.25, -0.2) is 9.78 Å². The molecule has 2 amide bonds. The maximum atomic E-state index is 11.3. The highest BCUT2D eigenvalue weighted by Gasteiger charge is 2.18. The number of nitrogen functional groups attached to an aromatic ring is 1. The summed E-state index contributed by atoms with van der Waals surface area (Å²) in [6.07, 6.45) is 0.